The van der Waals surface area contributed by atoms with Crippen LogP contribution in [0.1, 0.15) is 33.5 Å². The van der Waals surface area contributed by atoms with Crippen LogP contribution < -0.4 is 0 Å². The standard InChI is InChI=1S/C21H21NO3/c1-14-7-9-17(15(2)11-14)20(23)13-25-21(24)10-8-16-12-22-19-6-4-3-5-18(16)19/h3-7,9,11-12,22H,8,10,13H2,1-2H3. The molecule has 3 aromatic rings. The molecule has 0 atom stereocenters. The molecule has 0 fully saturated rings. The summed E-state index contributed by atoms with van der Waals surface area (Å²) in [4.78, 5) is 27.4. The van der Waals surface area contributed by atoms with E-state index in [4.69, 9.17) is 4.74 Å². The Labute approximate surface area is 146 Å². The van der Waals surface area contributed by atoms with Gasteiger partial charge in [-0.3, -0.25) is 9.59 Å². The Bertz CT molecular complexity index is 924. The molecule has 0 unspecified atom stereocenters. The summed E-state index contributed by atoms with van der Waals surface area (Å²) < 4.78 is 5.16. The van der Waals surface area contributed by atoms with Gasteiger partial charge in [0.05, 0.1) is 0 Å². The summed E-state index contributed by atoms with van der Waals surface area (Å²) in [6, 6.07) is 13.6. The number of hydrogen-bond acceptors (Lipinski definition) is 3. The first kappa shape index (κ1) is 17.0. The molecule has 0 amide bonds. The Hall–Kier alpha value is -2.88. The van der Waals surface area contributed by atoms with Gasteiger partial charge in [0.2, 0.25) is 5.78 Å². The summed E-state index contributed by atoms with van der Waals surface area (Å²) in [5, 5.41) is 1.11. The number of rotatable bonds is 6. The first-order valence-electron chi connectivity index (χ1n) is 8.35. The molecule has 1 aromatic heterocycles. The van der Waals surface area contributed by atoms with Crippen molar-refractivity contribution in [3.05, 3.63) is 70.9 Å². The molecule has 0 aliphatic carbocycles. The van der Waals surface area contributed by atoms with E-state index in [1.54, 1.807) is 6.07 Å². The molecular formula is C21H21NO3. The van der Waals surface area contributed by atoms with Crippen molar-refractivity contribution < 1.29 is 14.3 Å². The molecule has 0 aliphatic rings. The predicted octanol–water partition coefficient (Wildman–Crippen LogP) is 4.14. The van der Waals surface area contributed by atoms with Crippen molar-refractivity contribution in [1.82, 2.24) is 4.98 Å². The van der Waals surface area contributed by atoms with Crippen LogP contribution in [0.3, 0.4) is 0 Å². The van der Waals surface area contributed by atoms with Crippen LogP contribution in [0.25, 0.3) is 10.9 Å². The lowest BCUT2D eigenvalue weighted by molar-refractivity contribution is -0.142. The maximum absolute atomic E-state index is 12.2. The third-order valence-corrected chi connectivity index (χ3v) is 4.32. The number of ether oxygens (including phenoxy) is 1. The number of aryl methyl sites for hydroxylation is 3. The van der Waals surface area contributed by atoms with Crippen molar-refractivity contribution in [2.75, 3.05) is 6.61 Å². The van der Waals surface area contributed by atoms with E-state index in [0.29, 0.717) is 12.0 Å². The zero-order chi connectivity index (χ0) is 17.8. The summed E-state index contributed by atoms with van der Waals surface area (Å²) in [7, 11) is 0. The molecular weight excluding hydrogens is 314 g/mol. The Kier molecular flexibility index (Phi) is 4.98. The number of nitrogens with one attached hydrogen (secondary N) is 1. The van der Waals surface area contributed by atoms with E-state index in [1.807, 2.05) is 56.4 Å². The molecule has 0 radical (unpaired) electrons. The van der Waals surface area contributed by atoms with Gasteiger partial charge in [-0.15, -0.1) is 0 Å². The molecule has 0 bridgehead atoms. The first-order valence-corrected chi connectivity index (χ1v) is 8.35. The highest BCUT2D eigenvalue weighted by molar-refractivity contribution is 5.99. The van der Waals surface area contributed by atoms with E-state index >= 15 is 0 Å². The summed E-state index contributed by atoms with van der Waals surface area (Å²) in [6.07, 6.45) is 2.75. The fourth-order valence-corrected chi connectivity index (χ4v) is 3.00. The third-order valence-electron chi connectivity index (χ3n) is 4.32. The van der Waals surface area contributed by atoms with Crippen LogP contribution in [0.2, 0.25) is 0 Å². The summed E-state index contributed by atoms with van der Waals surface area (Å²) in [6.45, 7) is 3.65. The molecule has 2 aromatic carbocycles. The normalized spacial score (nSPS) is 10.8. The molecule has 0 spiro atoms. The number of aromatic nitrogens is 1. The topological polar surface area (TPSA) is 59.2 Å². The molecule has 1 heterocycles. The van der Waals surface area contributed by atoms with Gasteiger partial charge < -0.3 is 9.72 Å². The number of Topliss-reactive ketones (excluding diaryl/α,β-unsaturated/α-hetero) is 1. The number of benzene rings is 2. The van der Waals surface area contributed by atoms with Crippen LogP contribution in [0.4, 0.5) is 0 Å². The second-order valence-electron chi connectivity index (χ2n) is 6.26. The fraction of sp³-hybridized carbons (Fsp3) is 0.238. The van der Waals surface area contributed by atoms with Crippen LogP contribution in [0, 0.1) is 13.8 Å². The van der Waals surface area contributed by atoms with Gasteiger partial charge in [0.15, 0.2) is 6.61 Å². The molecule has 25 heavy (non-hydrogen) atoms. The zero-order valence-electron chi connectivity index (χ0n) is 14.5. The van der Waals surface area contributed by atoms with Crippen molar-refractivity contribution in [2.24, 2.45) is 0 Å². The first-order chi connectivity index (χ1) is 12.0. The number of hydrogen-bond donors (Lipinski definition) is 1. The highest BCUT2D eigenvalue weighted by atomic mass is 16.5. The number of H-pyrrole nitrogens is 1. The highest BCUT2D eigenvalue weighted by Crippen LogP contribution is 2.19. The number of ketones is 1. The van der Waals surface area contributed by atoms with Gasteiger partial charge in [-0.1, -0.05) is 42.0 Å². The number of fused-ring (bicyclic) bond motifs is 1. The number of carbonyl (C=O) groups excluding carboxylic acids is 2. The van der Waals surface area contributed by atoms with Gasteiger partial charge in [0.25, 0.3) is 0 Å². The molecule has 4 nitrogen and oxygen atoms in total. The second-order valence-corrected chi connectivity index (χ2v) is 6.26. The van der Waals surface area contributed by atoms with Crippen molar-refractivity contribution in [3.8, 4) is 0 Å². The van der Waals surface area contributed by atoms with Crippen molar-refractivity contribution in [3.63, 3.8) is 0 Å². The monoisotopic (exact) mass is 335 g/mol. The average molecular weight is 335 g/mol. The van der Waals surface area contributed by atoms with E-state index in [2.05, 4.69) is 4.98 Å². The second kappa shape index (κ2) is 7.34. The average Bonchev–Trinajstić information content (AvgIpc) is 3.01. The van der Waals surface area contributed by atoms with Crippen molar-refractivity contribution >= 4 is 22.7 Å². The molecule has 0 aliphatic heterocycles. The lowest BCUT2D eigenvalue weighted by Gasteiger charge is -2.07. The van der Waals surface area contributed by atoms with Gasteiger partial charge in [-0.25, -0.2) is 0 Å². The maximum atomic E-state index is 12.2. The van der Waals surface area contributed by atoms with Gasteiger partial charge in [-0.2, -0.15) is 0 Å². The van der Waals surface area contributed by atoms with Crippen LogP contribution in [-0.4, -0.2) is 23.3 Å². The lowest BCUT2D eigenvalue weighted by Crippen LogP contribution is -2.15. The number of carbonyl (C=O) groups is 2. The fourth-order valence-electron chi connectivity index (χ4n) is 3.00. The van der Waals surface area contributed by atoms with E-state index in [9.17, 15) is 9.59 Å². The molecule has 128 valence electrons. The Morgan fingerprint density at radius 2 is 1.88 bits per heavy atom. The zero-order valence-corrected chi connectivity index (χ0v) is 14.5. The van der Waals surface area contributed by atoms with Gasteiger partial charge in [-0.05, 0) is 37.5 Å². The van der Waals surface area contributed by atoms with Crippen molar-refractivity contribution in [2.45, 2.75) is 26.7 Å². The summed E-state index contributed by atoms with van der Waals surface area (Å²) in [5.41, 5.74) is 4.74. The third kappa shape index (κ3) is 3.97. The molecule has 1 N–H and O–H groups in total. The molecule has 4 heteroatoms. The molecule has 3 rings (SSSR count). The van der Waals surface area contributed by atoms with Gasteiger partial charge in [0, 0.05) is 29.1 Å². The Morgan fingerprint density at radius 3 is 2.68 bits per heavy atom. The van der Waals surface area contributed by atoms with E-state index in [1.165, 1.54) is 0 Å². The van der Waals surface area contributed by atoms with Gasteiger partial charge >= 0.3 is 5.97 Å². The minimum Gasteiger partial charge on any atom is -0.457 e. The summed E-state index contributed by atoms with van der Waals surface area (Å²) in [5.74, 6) is -0.527. The van der Waals surface area contributed by atoms with Crippen LogP contribution in [-0.2, 0) is 16.0 Å². The number of para-hydroxylation sites is 1. The van der Waals surface area contributed by atoms with Crippen LogP contribution >= 0.6 is 0 Å². The van der Waals surface area contributed by atoms with Crippen LogP contribution in [0.5, 0.6) is 0 Å². The minimum absolute atomic E-state index is 0.169. The predicted molar refractivity (Wildman–Crippen MR) is 97.8 cm³/mol. The Balaban J connectivity index is 1.53. The quantitative estimate of drug-likeness (QED) is 0.544. The molecule has 0 saturated heterocycles. The van der Waals surface area contributed by atoms with Crippen molar-refractivity contribution in [1.29, 1.82) is 0 Å². The van der Waals surface area contributed by atoms with Crippen LogP contribution in [0.15, 0.2) is 48.7 Å². The maximum Gasteiger partial charge on any atom is 0.306 e. The minimum atomic E-state index is -0.358. The summed E-state index contributed by atoms with van der Waals surface area (Å²) >= 11 is 0. The lowest BCUT2D eigenvalue weighted by atomic mass is 10.0. The SMILES string of the molecule is Cc1ccc(C(=O)COC(=O)CCc2c[nH]c3ccccc23)c(C)c1. The highest BCUT2D eigenvalue weighted by Gasteiger charge is 2.13. The van der Waals surface area contributed by atoms with E-state index in [-0.39, 0.29) is 24.8 Å². The van der Waals surface area contributed by atoms with Gasteiger partial charge in [0.1, 0.15) is 0 Å². The van der Waals surface area contributed by atoms with E-state index in [0.717, 1.165) is 27.6 Å². The largest absolute Gasteiger partial charge is 0.457 e. The number of esters is 1. The van der Waals surface area contributed by atoms with E-state index < -0.39 is 0 Å². The smallest absolute Gasteiger partial charge is 0.306 e. The number of aromatic amines is 1. The molecule has 0 saturated carbocycles. The Morgan fingerprint density at radius 1 is 1.08 bits per heavy atom.